The molecule has 1 unspecified atom stereocenters. The number of hydrogen-bond acceptors (Lipinski definition) is 4. The maximum absolute atomic E-state index is 12.6. The minimum Gasteiger partial charge on any atom is -0.484 e. The highest BCUT2D eigenvalue weighted by atomic mass is 16.5. The van der Waals surface area contributed by atoms with Crippen LogP contribution in [0.2, 0.25) is 0 Å². The minimum atomic E-state index is -0.456. The van der Waals surface area contributed by atoms with Gasteiger partial charge in [0.1, 0.15) is 11.8 Å². The van der Waals surface area contributed by atoms with E-state index in [9.17, 15) is 14.4 Å². The lowest BCUT2D eigenvalue weighted by Gasteiger charge is -2.36. The summed E-state index contributed by atoms with van der Waals surface area (Å²) in [6.07, 6.45) is 2.46. The van der Waals surface area contributed by atoms with E-state index in [0.29, 0.717) is 24.3 Å². The van der Waals surface area contributed by atoms with E-state index in [2.05, 4.69) is 5.32 Å². The number of amides is 2. The normalized spacial score (nSPS) is 17.5. The van der Waals surface area contributed by atoms with Crippen LogP contribution in [-0.2, 0) is 9.59 Å². The number of benzene rings is 1. The first-order chi connectivity index (χ1) is 12.2. The molecule has 6 heteroatoms. The van der Waals surface area contributed by atoms with Crippen LogP contribution in [0.3, 0.4) is 0 Å². The van der Waals surface area contributed by atoms with E-state index in [1.165, 1.54) is 6.92 Å². The molecule has 26 heavy (non-hydrogen) atoms. The van der Waals surface area contributed by atoms with E-state index >= 15 is 0 Å². The van der Waals surface area contributed by atoms with Gasteiger partial charge in [-0.1, -0.05) is 12.1 Å². The number of likely N-dealkylation sites (tertiary alicyclic amines) is 1. The number of nitrogens with zero attached hydrogens (tertiary/aromatic N) is 1. The van der Waals surface area contributed by atoms with E-state index in [0.717, 1.165) is 12.8 Å². The van der Waals surface area contributed by atoms with Gasteiger partial charge in [-0.3, -0.25) is 14.4 Å². The van der Waals surface area contributed by atoms with Gasteiger partial charge in [0.2, 0.25) is 5.91 Å². The van der Waals surface area contributed by atoms with Crippen LogP contribution in [0.15, 0.2) is 24.3 Å². The molecular formula is C20H28N2O4. The van der Waals surface area contributed by atoms with Crippen molar-refractivity contribution in [2.24, 2.45) is 0 Å². The first-order valence-corrected chi connectivity index (χ1v) is 9.03. The van der Waals surface area contributed by atoms with Crippen LogP contribution in [0.4, 0.5) is 0 Å². The van der Waals surface area contributed by atoms with Crippen LogP contribution in [0, 0.1) is 0 Å². The summed E-state index contributed by atoms with van der Waals surface area (Å²) in [6, 6.07) is 6.29. The number of hydrogen-bond donors (Lipinski definition) is 1. The maximum Gasteiger partial charge on any atom is 0.261 e. The zero-order valence-corrected chi connectivity index (χ0v) is 16.0. The third-order valence-corrected chi connectivity index (χ3v) is 4.23. The molecule has 1 atom stereocenters. The van der Waals surface area contributed by atoms with Crippen molar-refractivity contribution in [3.8, 4) is 5.75 Å². The van der Waals surface area contributed by atoms with Crippen LogP contribution in [0.5, 0.6) is 5.75 Å². The van der Waals surface area contributed by atoms with Gasteiger partial charge in [0.15, 0.2) is 12.4 Å². The summed E-state index contributed by atoms with van der Waals surface area (Å²) >= 11 is 0. The Hall–Kier alpha value is -2.37. The van der Waals surface area contributed by atoms with Gasteiger partial charge in [-0.2, -0.15) is 0 Å². The molecule has 0 bridgehead atoms. The second-order valence-electron chi connectivity index (χ2n) is 7.71. The zero-order chi connectivity index (χ0) is 19.3. The molecule has 0 aromatic heterocycles. The van der Waals surface area contributed by atoms with Crippen molar-refractivity contribution >= 4 is 17.6 Å². The van der Waals surface area contributed by atoms with E-state index in [1.807, 2.05) is 20.8 Å². The number of Topliss-reactive ketones (excluding diaryl/α,β-unsaturated/α-hetero) is 1. The summed E-state index contributed by atoms with van der Waals surface area (Å²) in [5.74, 6) is 0.0755. The highest BCUT2D eigenvalue weighted by molar-refractivity contribution is 5.94. The number of carbonyl (C=O) groups excluding carboxylic acids is 3. The predicted octanol–water partition coefficient (Wildman–Crippen LogP) is 2.56. The summed E-state index contributed by atoms with van der Waals surface area (Å²) in [6.45, 7) is 7.65. The highest BCUT2D eigenvalue weighted by Gasteiger charge is 2.33. The third-order valence-electron chi connectivity index (χ3n) is 4.23. The van der Waals surface area contributed by atoms with Crippen molar-refractivity contribution < 1.29 is 19.1 Å². The Balaban J connectivity index is 2.01. The molecule has 142 valence electrons. The van der Waals surface area contributed by atoms with Crippen molar-refractivity contribution in [3.05, 3.63) is 29.8 Å². The molecule has 0 saturated carbocycles. The SMILES string of the molecule is CC(=O)c1cccc(OCC(=O)N2CCCCC2C(=O)NC(C)(C)C)c1. The van der Waals surface area contributed by atoms with Crippen molar-refractivity contribution in [1.82, 2.24) is 10.2 Å². The van der Waals surface area contributed by atoms with Gasteiger partial charge in [0.25, 0.3) is 5.91 Å². The molecule has 1 aliphatic heterocycles. The number of rotatable bonds is 5. The lowest BCUT2D eigenvalue weighted by Crippen LogP contribution is -2.56. The number of nitrogens with one attached hydrogen (secondary N) is 1. The molecule has 6 nitrogen and oxygen atoms in total. The smallest absolute Gasteiger partial charge is 0.261 e. The fraction of sp³-hybridized carbons (Fsp3) is 0.550. The molecule has 1 fully saturated rings. The molecule has 1 heterocycles. The molecule has 2 rings (SSSR count). The van der Waals surface area contributed by atoms with E-state index in [-0.39, 0.29) is 29.7 Å². The summed E-state index contributed by atoms with van der Waals surface area (Å²) in [7, 11) is 0. The van der Waals surface area contributed by atoms with E-state index in [1.54, 1.807) is 29.2 Å². The van der Waals surface area contributed by atoms with Crippen LogP contribution in [0.1, 0.15) is 57.3 Å². The molecule has 1 N–H and O–H groups in total. The number of carbonyl (C=O) groups is 3. The second kappa shape index (κ2) is 8.34. The van der Waals surface area contributed by atoms with Crippen LogP contribution >= 0.6 is 0 Å². The van der Waals surface area contributed by atoms with Crippen LogP contribution < -0.4 is 10.1 Å². The van der Waals surface area contributed by atoms with E-state index < -0.39 is 6.04 Å². The van der Waals surface area contributed by atoms with Gasteiger partial charge >= 0.3 is 0 Å². The zero-order valence-electron chi connectivity index (χ0n) is 16.0. The molecule has 1 saturated heterocycles. The van der Waals surface area contributed by atoms with Crippen molar-refractivity contribution in [2.45, 2.75) is 58.5 Å². The van der Waals surface area contributed by atoms with Crippen LogP contribution in [0.25, 0.3) is 0 Å². The van der Waals surface area contributed by atoms with Gasteiger partial charge in [-0.15, -0.1) is 0 Å². The number of ether oxygens (including phenoxy) is 1. The summed E-state index contributed by atoms with van der Waals surface area (Å²) in [4.78, 5) is 38.2. The molecule has 1 aromatic carbocycles. The maximum atomic E-state index is 12.6. The monoisotopic (exact) mass is 360 g/mol. The molecular weight excluding hydrogens is 332 g/mol. The van der Waals surface area contributed by atoms with Gasteiger partial charge < -0.3 is 15.0 Å². The fourth-order valence-electron chi connectivity index (χ4n) is 2.99. The van der Waals surface area contributed by atoms with Crippen molar-refractivity contribution in [3.63, 3.8) is 0 Å². The first kappa shape index (κ1) is 19.9. The molecule has 0 radical (unpaired) electrons. The minimum absolute atomic E-state index is 0.0586. The van der Waals surface area contributed by atoms with Crippen LogP contribution in [-0.4, -0.2) is 47.2 Å². The summed E-state index contributed by atoms with van der Waals surface area (Å²) < 4.78 is 5.57. The topological polar surface area (TPSA) is 75.7 Å². The molecule has 0 aliphatic carbocycles. The van der Waals surface area contributed by atoms with Gasteiger partial charge in [-0.25, -0.2) is 0 Å². The van der Waals surface area contributed by atoms with Crippen molar-refractivity contribution in [1.29, 1.82) is 0 Å². The highest BCUT2D eigenvalue weighted by Crippen LogP contribution is 2.19. The Bertz CT molecular complexity index is 679. The summed E-state index contributed by atoms with van der Waals surface area (Å²) in [5, 5.41) is 2.96. The van der Waals surface area contributed by atoms with Gasteiger partial charge in [0, 0.05) is 17.6 Å². The molecule has 2 amide bonds. The van der Waals surface area contributed by atoms with Gasteiger partial charge in [0.05, 0.1) is 0 Å². The molecule has 0 spiro atoms. The fourth-order valence-corrected chi connectivity index (χ4v) is 2.99. The quantitative estimate of drug-likeness (QED) is 0.819. The Morgan fingerprint density at radius 3 is 2.62 bits per heavy atom. The average molecular weight is 360 g/mol. The third kappa shape index (κ3) is 5.58. The lowest BCUT2D eigenvalue weighted by molar-refractivity contribution is -0.144. The number of ketones is 1. The first-order valence-electron chi connectivity index (χ1n) is 9.03. The Morgan fingerprint density at radius 2 is 1.96 bits per heavy atom. The largest absolute Gasteiger partial charge is 0.484 e. The standard InChI is InChI=1S/C20H28N2O4/c1-14(23)15-8-7-9-16(12-15)26-13-18(24)22-11-6-5-10-17(22)19(25)21-20(2,3)4/h7-9,12,17H,5-6,10-11,13H2,1-4H3,(H,21,25). The Labute approximate surface area is 154 Å². The van der Waals surface area contributed by atoms with Gasteiger partial charge in [-0.05, 0) is 59.1 Å². The molecule has 1 aromatic rings. The lowest BCUT2D eigenvalue weighted by atomic mass is 9.99. The Morgan fingerprint density at radius 1 is 1.23 bits per heavy atom. The predicted molar refractivity (Wildman–Crippen MR) is 99.2 cm³/mol. The Kier molecular flexibility index (Phi) is 6.40. The van der Waals surface area contributed by atoms with Crippen molar-refractivity contribution in [2.75, 3.05) is 13.2 Å². The second-order valence-corrected chi connectivity index (χ2v) is 7.71. The number of piperidine rings is 1. The average Bonchev–Trinajstić information content (AvgIpc) is 2.58. The van der Waals surface area contributed by atoms with E-state index in [4.69, 9.17) is 4.74 Å². The molecule has 1 aliphatic rings. The summed E-state index contributed by atoms with van der Waals surface area (Å²) in [5.41, 5.74) is 0.197.